The van der Waals surface area contributed by atoms with Crippen LogP contribution in [0.15, 0.2) is 28.6 Å². The quantitative estimate of drug-likeness (QED) is 0.627. The molecule has 3 rings (SSSR count). The van der Waals surface area contributed by atoms with Crippen LogP contribution < -0.4 is 15.5 Å². The van der Waals surface area contributed by atoms with Crippen molar-refractivity contribution in [2.75, 3.05) is 48.8 Å². The number of nitrogens with zero attached hydrogens (tertiary/aromatic N) is 3. The number of aryl methyl sites for hydroxylation is 1. The molecule has 1 saturated heterocycles. The van der Waals surface area contributed by atoms with Gasteiger partial charge >= 0.3 is 0 Å². The maximum atomic E-state index is 12.1. The van der Waals surface area contributed by atoms with Crippen molar-refractivity contribution in [3.8, 4) is 0 Å². The van der Waals surface area contributed by atoms with Gasteiger partial charge in [-0.2, -0.15) is 0 Å². The number of benzene rings is 1. The number of aromatic nitrogens is 2. The molecule has 2 aromatic rings. The van der Waals surface area contributed by atoms with Crippen molar-refractivity contribution in [3.05, 3.63) is 29.8 Å². The normalized spacial score (nSPS) is 14.0. The Morgan fingerprint density at radius 1 is 1.21 bits per heavy atom. The average Bonchev–Trinajstić information content (AvgIpc) is 3.21. The average molecular weight is 422 g/mol. The highest BCUT2D eigenvalue weighted by Crippen LogP contribution is 2.28. The molecule has 1 aromatic carbocycles. The van der Waals surface area contributed by atoms with Crippen LogP contribution >= 0.6 is 23.1 Å². The van der Waals surface area contributed by atoms with E-state index in [1.807, 2.05) is 31.2 Å². The summed E-state index contributed by atoms with van der Waals surface area (Å²) in [4.78, 5) is 26.2. The van der Waals surface area contributed by atoms with Crippen LogP contribution in [0, 0.1) is 0 Å². The Kier molecular flexibility index (Phi) is 7.63. The minimum atomic E-state index is -0.246. The molecule has 0 spiro atoms. The Balaban J connectivity index is 1.39. The maximum Gasteiger partial charge on any atom is 0.243 e. The molecule has 2 heterocycles. The van der Waals surface area contributed by atoms with Crippen LogP contribution in [0.25, 0.3) is 0 Å². The molecule has 2 N–H and O–H groups in total. The van der Waals surface area contributed by atoms with Crippen LogP contribution in [0.3, 0.4) is 0 Å². The van der Waals surface area contributed by atoms with Crippen LogP contribution in [-0.4, -0.2) is 60.6 Å². The number of anilines is 2. The summed E-state index contributed by atoms with van der Waals surface area (Å²) in [5.74, 6) is -0.270. The second-order valence-corrected chi connectivity index (χ2v) is 8.25. The summed E-state index contributed by atoms with van der Waals surface area (Å²) in [7, 11) is 0. The van der Waals surface area contributed by atoms with E-state index in [0.29, 0.717) is 13.2 Å². The van der Waals surface area contributed by atoms with Crippen molar-refractivity contribution < 1.29 is 14.3 Å². The summed E-state index contributed by atoms with van der Waals surface area (Å²) in [5, 5.41) is 14.6. The van der Waals surface area contributed by atoms with E-state index in [1.54, 1.807) is 0 Å². The lowest BCUT2D eigenvalue weighted by Gasteiger charge is -2.25. The van der Waals surface area contributed by atoms with Crippen LogP contribution in [0.4, 0.5) is 10.8 Å². The van der Waals surface area contributed by atoms with Crippen molar-refractivity contribution >= 4 is 45.7 Å². The molecule has 1 fully saturated rings. The SMILES string of the molecule is CCc1ccccc1NC(=O)CNC(=O)CSc1nnc(N2CCOCC2)s1. The second-order valence-electron chi connectivity index (χ2n) is 6.07. The summed E-state index contributed by atoms with van der Waals surface area (Å²) in [6, 6.07) is 7.64. The van der Waals surface area contributed by atoms with Gasteiger partial charge in [-0.1, -0.05) is 48.2 Å². The highest BCUT2D eigenvalue weighted by molar-refractivity contribution is 8.01. The van der Waals surface area contributed by atoms with Crippen molar-refractivity contribution in [2.24, 2.45) is 0 Å². The highest BCUT2D eigenvalue weighted by Gasteiger charge is 2.16. The van der Waals surface area contributed by atoms with Crippen LogP contribution in [0.2, 0.25) is 0 Å². The molecule has 0 radical (unpaired) electrons. The number of carbonyl (C=O) groups excluding carboxylic acids is 2. The van der Waals surface area contributed by atoms with Gasteiger partial charge in [0.15, 0.2) is 4.34 Å². The third-order valence-corrected chi connectivity index (χ3v) is 6.24. The number of nitrogens with one attached hydrogen (secondary N) is 2. The van der Waals surface area contributed by atoms with E-state index in [1.165, 1.54) is 23.1 Å². The van der Waals surface area contributed by atoms with Gasteiger partial charge in [-0.3, -0.25) is 9.59 Å². The van der Waals surface area contributed by atoms with E-state index in [4.69, 9.17) is 4.74 Å². The van der Waals surface area contributed by atoms with Crippen molar-refractivity contribution in [1.82, 2.24) is 15.5 Å². The van der Waals surface area contributed by atoms with E-state index in [-0.39, 0.29) is 24.1 Å². The molecule has 1 aliphatic rings. The molecule has 0 saturated carbocycles. The van der Waals surface area contributed by atoms with Gasteiger partial charge < -0.3 is 20.3 Å². The summed E-state index contributed by atoms with van der Waals surface area (Å²) in [6.07, 6.45) is 0.827. The third kappa shape index (κ3) is 5.91. The van der Waals surface area contributed by atoms with E-state index in [2.05, 4.69) is 25.7 Å². The van der Waals surface area contributed by atoms with Crippen molar-refractivity contribution in [3.63, 3.8) is 0 Å². The largest absolute Gasteiger partial charge is 0.378 e. The zero-order valence-corrected chi connectivity index (χ0v) is 17.3. The molecule has 0 unspecified atom stereocenters. The van der Waals surface area contributed by atoms with E-state index in [0.717, 1.165) is 40.2 Å². The number of thioether (sulfide) groups is 1. The predicted molar refractivity (Wildman–Crippen MR) is 111 cm³/mol. The zero-order chi connectivity index (χ0) is 19.8. The fraction of sp³-hybridized carbons (Fsp3) is 0.444. The van der Waals surface area contributed by atoms with E-state index in [9.17, 15) is 9.59 Å². The molecular weight excluding hydrogens is 398 g/mol. The minimum Gasteiger partial charge on any atom is -0.378 e. The maximum absolute atomic E-state index is 12.1. The third-order valence-electron chi connectivity index (χ3n) is 4.12. The van der Waals surface area contributed by atoms with Gasteiger partial charge in [-0.05, 0) is 18.1 Å². The van der Waals surface area contributed by atoms with Gasteiger partial charge in [0.05, 0.1) is 25.5 Å². The van der Waals surface area contributed by atoms with Crippen LogP contribution in [0.5, 0.6) is 0 Å². The lowest BCUT2D eigenvalue weighted by Crippen LogP contribution is -2.36. The number of ether oxygens (including phenoxy) is 1. The summed E-state index contributed by atoms with van der Waals surface area (Å²) >= 11 is 2.78. The van der Waals surface area contributed by atoms with E-state index >= 15 is 0 Å². The topological polar surface area (TPSA) is 96.5 Å². The molecule has 1 aliphatic heterocycles. The smallest absolute Gasteiger partial charge is 0.243 e. The molecule has 10 heteroatoms. The first-order valence-electron chi connectivity index (χ1n) is 9.09. The Morgan fingerprint density at radius 3 is 2.79 bits per heavy atom. The molecule has 2 amide bonds. The molecule has 0 atom stereocenters. The van der Waals surface area contributed by atoms with Gasteiger partial charge in [0.2, 0.25) is 16.9 Å². The zero-order valence-electron chi connectivity index (χ0n) is 15.6. The van der Waals surface area contributed by atoms with Crippen LogP contribution in [-0.2, 0) is 20.7 Å². The van der Waals surface area contributed by atoms with Gasteiger partial charge in [0, 0.05) is 18.8 Å². The Hall–Kier alpha value is -2.17. The van der Waals surface area contributed by atoms with Gasteiger partial charge in [0.25, 0.3) is 0 Å². The molecule has 1 aromatic heterocycles. The predicted octanol–water partition coefficient (Wildman–Crippen LogP) is 1.78. The van der Waals surface area contributed by atoms with E-state index < -0.39 is 0 Å². The van der Waals surface area contributed by atoms with Gasteiger partial charge in [-0.15, -0.1) is 10.2 Å². The Bertz CT molecular complexity index is 808. The first kappa shape index (κ1) is 20.6. The second kappa shape index (κ2) is 10.4. The first-order chi connectivity index (χ1) is 13.7. The van der Waals surface area contributed by atoms with Crippen molar-refractivity contribution in [1.29, 1.82) is 0 Å². The number of hydrogen-bond acceptors (Lipinski definition) is 8. The Morgan fingerprint density at radius 2 is 2.00 bits per heavy atom. The Labute approximate surface area is 172 Å². The monoisotopic (exact) mass is 421 g/mol. The number of amides is 2. The number of carbonyl (C=O) groups is 2. The fourth-order valence-electron chi connectivity index (χ4n) is 2.65. The number of morpholine rings is 1. The van der Waals surface area contributed by atoms with Gasteiger partial charge in [0.1, 0.15) is 0 Å². The number of para-hydroxylation sites is 1. The molecular formula is C18H23N5O3S2. The van der Waals surface area contributed by atoms with Crippen LogP contribution in [0.1, 0.15) is 12.5 Å². The lowest BCUT2D eigenvalue weighted by molar-refractivity contribution is -0.122. The molecule has 0 bridgehead atoms. The molecule has 150 valence electrons. The lowest BCUT2D eigenvalue weighted by atomic mass is 10.1. The highest BCUT2D eigenvalue weighted by atomic mass is 32.2. The molecule has 0 aliphatic carbocycles. The minimum absolute atomic E-state index is 0.0629. The molecule has 28 heavy (non-hydrogen) atoms. The molecule has 8 nitrogen and oxygen atoms in total. The fourth-order valence-corrected chi connectivity index (χ4v) is 4.37. The first-order valence-corrected chi connectivity index (χ1v) is 10.9. The number of rotatable bonds is 8. The summed E-state index contributed by atoms with van der Waals surface area (Å²) in [5.41, 5.74) is 1.84. The summed E-state index contributed by atoms with van der Waals surface area (Å²) < 4.78 is 6.06. The van der Waals surface area contributed by atoms with Gasteiger partial charge in [-0.25, -0.2) is 0 Å². The standard InChI is InChI=1S/C18H23N5O3S2/c1-2-13-5-3-4-6-14(13)20-15(24)11-19-16(25)12-27-18-22-21-17(28-18)23-7-9-26-10-8-23/h3-6H,2,7-12H2,1H3,(H,19,25)(H,20,24). The number of hydrogen-bond donors (Lipinski definition) is 2. The van der Waals surface area contributed by atoms with Crippen molar-refractivity contribution in [2.45, 2.75) is 17.7 Å². The summed E-state index contributed by atoms with van der Waals surface area (Å²) in [6.45, 7) is 4.95.